The zero-order chi connectivity index (χ0) is 26.7. The predicted octanol–water partition coefficient (Wildman–Crippen LogP) is -0.770. The number of methoxy groups -OCH3 is 2. The van der Waals surface area contributed by atoms with Crippen LogP contribution in [-0.2, 0) is 4.79 Å². The van der Waals surface area contributed by atoms with Crippen molar-refractivity contribution in [2.24, 2.45) is 0 Å². The van der Waals surface area contributed by atoms with Crippen LogP contribution in [0.5, 0.6) is 28.7 Å². The normalized spacial score (nSPS) is 14.6. The number of aliphatic hydroxyl groups excluding tert-OH is 5. The largest absolute Gasteiger partial charge is 0.507 e. The van der Waals surface area contributed by atoms with E-state index < -0.39 is 53.9 Å². The van der Waals surface area contributed by atoms with Crippen LogP contribution < -0.4 is 19.6 Å². The number of phenolic OH excluding ortho intramolecular Hbond substituents is 2. The van der Waals surface area contributed by atoms with E-state index in [2.05, 4.69) is 0 Å². The van der Waals surface area contributed by atoms with Gasteiger partial charge in [0.1, 0.15) is 46.5 Å². The summed E-state index contributed by atoms with van der Waals surface area (Å²) < 4.78 is 20.8. The number of ether oxygens (including phenoxy) is 3. The molecule has 0 aliphatic heterocycles. The first kappa shape index (κ1) is 26.7. The van der Waals surface area contributed by atoms with Gasteiger partial charge in [0.15, 0.2) is 23.0 Å². The fourth-order valence-corrected chi connectivity index (χ4v) is 3.32. The van der Waals surface area contributed by atoms with Gasteiger partial charge in [0.25, 0.3) is 0 Å². The van der Waals surface area contributed by atoms with Gasteiger partial charge in [-0.2, -0.15) is 0 Å². The van der Waals surface area contributed by atoms with E-state index in [4.69, 9.17) is 23.7 Å². The van der Waals surface area contributed by atoms with E-state index in [1.54, 1.807) is 0 Å². The molecule has 4 atom stereocenters. The van der Waals surface area contributed by atoms with Crippen molar-refractivity contribution >= 4 is 16.9 Å². The Bertz CT molecular complexity index is 1290. The van der Waals surface area contributed by atoms with Crippen LogP contribution >= 0.6 is 0 Å². The SMILES string of the molecule is COc1cc(-c2cc(=O)c3c(O)cc(OC(=O)[C@H](O)[C@@H](O)[C@H](O)[C@H](O)CO)cc3o2)cc(OC)c1O. The van der Waals surface area contributed by atoms with Gasteiger partial charge in [0.2, 0.25) is 5.75 Å². The van der Waals surface area contributed by atoms with E-state index >= 15 is 0 Å². The number of benzene rings is 2. The van der Waals surface area contributed by atoms with Crippen LogP contribution in [0.15, 0.2) is 39.5 Å². The highest BCUT2D eigenvalue weighted by Gasteiger charge is 2.35. The quantitative estimate of drug-likeness (QED) is 0.140. The second-order valence-electron chi connectivity index (χ2n) is 7.62. The Morgan fingerprint density at radius 3 is 2.11 bits per heavy atom. The second-order valence-corrected chi connectivity index (χ2v) is 7.62. The van der Waals surface area contributed by atoms with Crippen LogP contribution in [-0.4, -0.2) is 87.0 Å². The van der Waals surface area contributed by atoms with Crippen molar-refractivity contribution in [3.63, 3.8) is 0 Å². The summed E-state index contributed by atoms with van der Waals surface area (Å²) in [5, 5.41) is 67.8. The van der Waals surface area contributed by atoms with Crippen LogP contribution in [0.2, 0.25) is 0 Å². The molecule has 13 heteroatoms. The van der Waals surface area contributed by atoms with Crippen molar-refractivity contribution in [2.75, 3.05) is 20.8 Å². The van der Waals surface area contributed by atoms with E-state index in [9.17, 15) is 40.2 Å². The lowest BCUT2D eigenvalue weighted by atomic mass is 10.0. The standard InChI is InChI=1S/C23H24O13/c1-33-16-3-9(4-17(34-2)20(16)29)14-7-12(26)18-11(25)5-10(6-15(18)36-14)35-23(32)22(31)21(30)19(28)13(27)8-24/h3-7,13,19,21-22,24-25,27-31H,8H2,1-2H3/t13-,19-,21+,22-/m1/s1. The molecule has 0 spiro atoms. The van der Waals surface area contributed by atoms with E-state index in [0.29, 0.717) is 0 Å². The zero-order valence-corrected chi connectivity index (χ0v) is 19.0. The van der Waals surface area contributed by atoms with Gasteiger partial charge >= 0.3 is 5.97 Å². The van der Waals surface area contributed by atoms with Gasteiger partial charge in [-0.1, -0.05) is 0 Å². The molecular weight excluding hydrogens is 484 g/mol. The van der Waals surface area contributed by atoms with Gasteiger partial charge in [-0.15, -0.1) is 0 Å². The molecule has 36 heavy (non-hydrogen) atoms. The summed E-state index contributed by atoms with van der Waals surface area (Å²) >= 11 is 0. The molecule has 0 fully saturated rings. The Morgan fingerprint density at radius 1 is 0.944 bits per heavy atom. The van der Waals surface area contributed by atoms with E-state index in [-0.39, 0.29) is 39.5 Å². The molecule has 1 aromatic heterocycles. The first-order chi connectivity index (χ1) is 17.0. The van der Waals surface area contributed by atoms with Crippen molar-refractivity contribution in [2.45, 2.75) is 24.4 Å². The highest BCUT2D eigenvalue weighted by atomic mass is 16.6. The smallest absolute Gasteiger partial charge is 0.343 e. The summed E-state index contributed by atoms with van der Waals surface area (Å²) in [6, 6.07) is 5.77. The van der Waals surface area contributed by atoms with Crippen LogP contribution in [0.3, 0.4) is 0 Å². The molecule has 0 saturated carbocycles. The number of fused-ring (bicyclic) bond motifs is 1. The van der Waals surface area contributed by atoms with Crippen molar-refractivity contribution in [3.8, 4) is 40.1 Å². The van der Waals surface area contributed by atoms with Crippen LogP contribution in [0, 0.1) is 0 Å². The van der Waals surface area contributed by atoms with Gasteiger partial charge < -0.3 is 54.4 Å². The average Bonchev–Trinajstić information content (AvgIpc) is 2.86. The number of carbonyl (C=O) groups excluding carboxylic acids is 1. The van der Waals surface area contributed by atoms with E-state index in [1.165, 1.54) is 26.4 Å². The third-order valence-electron chi connectivity index (χ3n) is 5.26. The predicted molar refractivity (Wildman–Crippen MR) is 121 cm³/mol. The molecule has 2 aromatic carbocycles. The van der Waals surface area contributed by atoms with E-state index in [1.807, 2.05) is 0 Å². The number of esters is 1. The average molecular weight is 508 g/mol. The third-order valence-corrected chi connectivity index (χ3v) is 5.26. The maximum atomic E-state index is 12.7. The number of hydrogen-bond acceptors (Lipinski definition) is 13. The highest BCUT2D eigenvalue weighted by Crippen LogP contribution is 2.41. The van der Waals surface area contributed by atoms with Gasteiger partial charge in [0.05, 0.1) is 20.8 Å². The molecule has 0 aliphatic carbocycles. The van der Waals surface area contributed by atoms with Gasteiger partial charge in [-0.25, -0.2) is 4.79 Å². The van der Waals surface area contributed by atoms with Gasteiger partial charge in [0, 0.05) is 23.8 Å². The molecule has 0 radical (unpaired) electrons. The van der Waals surface area contributed by atoms with Gasteiger partial charge in [-0.3, -0.25) is 4.79 Å². The van der Waals surface area contributed by atoms with Crippen LogP contribution in [0.1, 0.15) is 0 Å². The number of aromatic hydroxyl groups is 2. The molecular formula is C23H24O13. The molecule has 13 nitrogen and oxygen atoms in total. The van der Waals surface area contributed by atoms with Crippen molar-refractivity contribution in [1.29, 1.82) is 0 Å². The highest BCUT2D eigenvalue weighted by molar-refractivity contribution is 5.87. The Kier molecular flexibility index (Phi) is 8.02. The Morgan fingerprint density at radius 2 is 1.56 bits per heavy atom. The first-order valence-corrected chi connectivity index (χ1v) is 10.3. The molecule has 0 aliphatic rings. The van der Waals surface area contributed by atoms with Crippen LogP contribution in [0.4, 0.5) is 0 Å². The minimum absolute atomic E-state index is 0.0245. The Balaban J connectivity index is 1.99. The summed E-state index contributed by atoms with van der Waals surface area (Å²) in [4.78, 5) is 24.9. The molecule has 0 unspecified atom stereocenters. The van der Waals surface area contributed by atoms with Crippen molar-refractivity contribution in [3.05, 3.63) is 40.6 Å². The monoisotopic (exact) mass is 508 g/mol. The molecule has 194 valence electrons. The molecule has 0 amide bonds. The third kappa shape index (κ3) is 5.19. The lowest BCUT2D eigenvalue weighted by Gasteiger charge is -2.24. The fourth-order valence-electron chi connectivity index (χ4n) is 3.32. The number of carbonyl (C=O) groups is 1. The second kappa shape index (κ2) is 10.8. The Labute approximate surface area is 202 Å². The summed E-state index contributed by atoms with van der Waals surface area (Å²) in [6.45, 7) is -0.946. The zero-order valence-electron chi connectivity index (χ0n) is 19.0. The minimum atomic E-state index is -2.34. The maximum absolute atomic E-state index is 12.7. The van der Waals surface area contributed by atoms with Crippen molar-refractivity contribution < 1.29 is 59.2 Å². The molecule has 1 heterocycles. The summed E-state index contributed by atoms with van der Waals surface area (Å²) in [5.41, 5.74) is -0.626. The lowest BCUT2D eigenvalue weighted by Crippen LogP contribution is -2.49. The first-order valence-electron chi connectivity index (χ1n) is 10.3. The number of hydrogen-bond donors (Lipinski definition) is 7. The topological polar surface area (TPSA) is 217 Å². The molecule has 7 N–H and O–H groups in total. The Hall–Kier alpha value is -3.88. The minimum Gasteiger partial charge on any atom is -0.507 e. The summed E-state index contributed by atoms with van der Waals surface area (Å²) in [6.07, 6.45) is -8.45. The summed E-state index contributed by atoms with van der Waals surface area (Å²) in [7, 11) is 2.62. The number of aliphatic hydroxyl groups is 5. The van der Waals surface area contributed by atoms with E-state index in [0.717, 1.165) is 18.2 Å². The van der Waals surface area contributed by atoms with Crippen LogP contribution in [0.25, 0.3) is 22.3 Å². The molecule has 3 aromatic rings. The lowest BCUT2D eigenvalue weighted by molar-refractivity contribution is -0.161. The maximum Gasteiger partial charge on any atom is 0.343 e. The van der Waals surface area contributed by atoms with Crippen molar-refractivity contribution in [1.82, 2.24) is 0 Å². The van der Waals surface area contributed by atoms with Gasteiger partial charge in [-0.05, 0) is 12.1 Å². The molecule has 0 saturated heterocycles. The fraction of sp³-hybridized carbons (Fsp3) is 0.304. The molecule has 0 bridgehead atoms. The molecule has 3 rings (SSSR count). The number of phenols is 2. The summed E-state index contributed by atoms with van der Waals surface area (Å²) in [5.74, 6) is -2.74. The number of rotatable bonds is 9.